The third-order valence-electron chi connectivity index (χ3n) is 6.03. The fourth-order valence-corrected chi connectivity index (χ4v) is 4.47. The Morgan fingerprint density at radius 3 is 2.40 bits per heavy atom. The molecule has 1 fully saturated rings. The van der Waals surface area contributed by atoms with Crippen molar-refractivity contribution in [3.63, 3.8) is 0 Å². The van der Waals surface area contributed by atoms with Gasteiger partial charge >= 0.3 is 0 Å². The van der Waals surface area contributed by atoms with E-state index in [0.717, 1.165) is 22.0 Å². The number of rotatable bonds is 5. The molecule has 0 bridgehead atoms. The fraction of sp³-hybridized carbons (Fsp3) is 0.107. The van der Waals surface area contributed by atoms with Gasteiger partial charge in [-0.3, -0.25) is 19.8 Å². The van der Waals surface area contributed by atoms with Gasteiger partial charge in [-0.2, -0.15) is 0 Å². The van der Waals surface area contributed by atoms with Gasteiger partial charge in [0, 0.05) is 29.2 Å². The number of benzene rings is 3. The largest absolute Gasteiger partial charge is 0.497 e. The Morgan fingerprint density at radius 1 is 0.971 bits per heavy atom. The van der Waals surface area contributed by atoms with Gasteiger partial charge in [0.25, 0.3) is 11.8 Å². The van der Waals surface area contributed by atoms with Crippen LogP contribution in [0, 0.1) is 6.92 Å². The lowest BCUT2D eigenvalue weighted by Gasteiger charge is -2.29. The minimum Gasteiger partial charge on any atom is -0.497 e. The summed E-state index contributed by atoms with van der Waals surface area (Å²) in [4.78, 5) is 27.6. The van der Waals surface area contributed by atoms with Crippen LogP contribution in [-0.2, 0) is 16.1 Å². The van der Waals surface area contributed by atoms with Crippen molar-refractivity contribution in [3.8, 4) is 5.75 Å². The molecular weight excluding hydrogens is 458 g/mol. The van der Waals surface area contributed by atoms with Crippen LogP contribution in [0.1, 0.15) is 16.7 Å². The third kappa shape index (κ3) is 4.34. The minimum atomic E-state index is -0.514. The first kappa shape index (κ1) is 22.6. The smallest absolute Gasteiger partial charge is 0.270 e. The molecule has 1 aromatic heterocycles. The number of aryl methyl sites for hydroxylation is 1. The Bertz CT molecular complexity index is 1480. The van der Waals surface area contributed by atoms with Crippen molar-refractivity contribution >= 4 is 51.8 Å². The number of aromatic nitrogens is 1. The van der Waals surface area contributed by atoms with Crippen molar-refractivity contribution < 1.29 is 14.3 Å². The second-order valence-electron chi connectivity index (χ2n) is 8.37. The number of amides is 2. The molecule has 0 radical (unpaired) electrons. The van der Waals surface area contributed by atoms with Crippen molar-refractivity contribution in [2.45, 2.75) is 13.5 Å². The first-order valence-electron chi connectivity index (χ1n) is 11.1. The lowest BCUT2D eigenvalue weighted by Crippen LogP contribution is -2.54. The van der Waals surface area contributed by atoms with Gasteiger partial charge in [-0.1, -0.05) is 48.0 Å². The average Bonchev–Trinajstić information content (AvgIpc) is 3.20. The first-order chi connectivity index (χ1) is 16.9. The van der Waals surface area contributed by atoms with Gasteiger partial charge in [-0.05, 0) is 61.1 Å². The number of carbonyl (C=O) groups excluding carboxylic acids is 2. The Hall–Kier alpha value is -4.23. The molecule has 0 atom stereocenters. The molecule has 0 unspecified atom stereocenters. The van der Waals surface area contributed by atoms with E-state index in [4.69, 9.17) is 17.0 Å². The van der Waals surface area contributed by atoms with Crippen LogP contribution in [0.5, 0.6) is 5.75 Å². The monoisotopic (exact) mass is 481 g/mol. The number of carbonyl (C=O) groups is 2. The Labute approximate surface area is 208 Å². The van der Waals surface area contributed by atoms with Crippen LogP contribution in [-0.4, -0.2) is 28.6 Å². The minimum absolute atomic E-state index is 0.0210. The van der Waals surface area contributed by atoms with Crippen LogP contribution < -0.4 is 15.0 Å². The molecule has 2 heterocycles. The number of anilines is 1. The number of ether oxygens (including phenoxy) is 1. The molecule has 0 saturated carbocycles. The van der Waals surface area contributed by atoms with Crippen LogP contribution >= 0.6 is 12.2 Å². The van der Waals surface area contributed by atoms with E-state index in [0.29, 0.717) is 18.0 Å². The SMILES string of the molecule is COc1ccc(N2C(=O)/C(=C/c3cn(Cc4ccc(C)cc4)c4ccccc34)C(=O)NC2=S)cc1. The third-order valence-corrected chi connectivity index (χ3v) is 6.31. The highest BCUT2D eigenvalue weighted by molar-refractivity contribution is 7.80. The topological polar surface area (TPSA) is 63.6 Å². The van der Waals surface area contributed by atoms with Gasteiger partial charge in [0.2, 0.25) is 0 Å². The molecule has 2 amide bonds. The van der Waals surface area contributed by atoms with Crippen LogP contribution in [0.3, 0.4) is 0 Å². The van der Waals surface area contributed by atoms with Crippen molar-refractivity contribution in [3.05, 3.63) is 101 Å². The molecule has 6 nitrogen and oxygen atoms in total. The van der Waals surface area contributed by atoms with Gasteiger partial charge in [-0.25, -0.2) is 0 Å². The Kier molecular flexibility index (Phi) is 5.93. The number of hydrogen-bond acceptors (Lipinski definition) is 4. The summed E-state index contributed by atoms with van der Waals surface area (Å²) in [5.41, 5.74) is 4.75. The summed E-state index contributed by atoms with van der Waals surface area (Å²) in [6, 6.07) is 23.3. The molecule has 1 N–H and O–H groups in total. The summed E-state index contributed by atoms with van der Waals surface area (Å²) in [5, 5.41) is 3.65. The number of nitrogens with zero attached hydrogens (tertiary/aromatic N) is 2. The van der Waals surface area contributed by atoms with E-state index >= 15 is 0 Å². The molecule has 1 saturated heterocycles. The van der Waals surface area contributed by atoms with Gasteiger partial charge < -0.3 is 9.30 Å². The number of methoxy groups -OCH3 is 1. The normalized spacial score (nSPS) is 15.1. The van der Waals surface area contributed by atoms with Crippen molar-refractivity contribution in [1.82, 2.24) is 9.88 Å². The zero-order chi connectivity index (χ0) is 24.5. The Balaban J connectivity index is 1.54. The van der Waals surface area contributed by atoms with E-state index in [2.05, 4.69) is 41.1 Å². The maximum atomic E-state index is 13.4. The first-order valence-corrected chi connectivity index (χ1v) is 11.5. The van der Waals surface area contributed by atoms with Crippen LogP contribution in [0.15, 0.2) is 84.6 Å². The van der Waals surface area contributed by atoms with E-state index in [1.807, 2.05) is 30.5 Å². The number of hydrogen-bond donors (Lipinski definition) is 1. The van der Waals surface area contributed by atoms with Gasteiger partial charge in [0.15, 0.2) is 5.11 Å². The van der Waals surface area contributed by atoms with Gasteiger partial charge in [0.1, 0.15) is 11.3 Å². The van der Waals surface area contributed by atoms with Crippen LogP contribution in [0.2, 0.25) is 0 Å². The average molecular weight is 482 g/mol. The molecule has 1 aliphatic heterocycles. The Morgan fingerprint density at radius 2 is 1.69 bits per heavy atom. The molecule has 0 spiro atoms. The molecule has 7 heteroatoms. The molecule has 3 aromatic carbocycles. The summed E-state index contributed by atoms with van der Waals surface area (Å²) in [7, 11) is 1.57. The summed E-state index contributed by atoms with van der Waals surface area (Å²) in [6.45, 7) is 2.73. The quantitative estimate of drug-likeness (QED) is 0.252. The summed E-state index contributed by atoms with van der Waals surface area (Å²) in [5.74, 6) is -0.329. The number of fused-ring (bicyclic) bond motifs is 1. The second-order valence-corrected chi connectivity index (χ2v) is 8.76. The number of thiocarbonyl (C=S) groups is 1. The maximum absolute atomic E-state index is 13.4. The van der Waals surface area contributed by atoms with E-state index in [9.17, 15) is 9.59 Å². The standard InChI is InChI=1S/C28H23N3O3S/c1-18-7-9-19(10-8-18)16-30-17-20(23-5-3-4-6-25(23)30)15-24-26(32)29-28(35)31(27(24)33)21-11-13-22(34-2)14-12-21/h3-15,17H,16H2,1-2H3,(H,29,32,35)/b24-15+. The highest BCUT2D eigenvalue weighted by Crippen LogP contribution is 2.28. The van der Waals surface area contributed by atoms with E-state index in [1.165, 1.54) is 10.5 Å². The second kappa shape index (κ2) is 9.19. The predicted molar refractivity (Wildman–Crippen MR) is 141 cm³/mol. The van der Waals surface area contributed by atoms with Crippen LogP contribution in [0.4, 0.5) is 5.69 Å². The summed E-state index contributed by atoms with van der Waals surface area (Å²) >= 11 is 5.32. The number of nitrogens with one attached hydrogen (secondary N) is 1. The van der Waals surface area contributed by atoms with E-state index in [1.54, 1.807) is 37.5 Å². The molecule has 5 rings (SSSR count). The summed E-state index contributed by atoms with van der Waals surface area (Å²) < 4.78 is 7.33. The predicted octanol–water partition coefficient (Wildman–Crippen LogP) is 4.84. The lowest BCUT2D eigenvalue weighted by molar-refractivity contribution is -0.122. The summed E-state index contributed by atoms with van der Waals surface area (Å²) in [6.07, 6.45) is 3.62. The van der Waals surface area contributed by atoms with E-state index < -0.39 is 11.8 Å². The van der Waals surface area contributed by atoms with Crippen molar-refractivity contribution in [2.24, 2.45) is 0 Å². The zero-order valence-electron chi connectivity index (χ0n) is 19.3. The number of para-hydroxylation sites is 1. The lowest BCUT2D eigenvalue weighted by atomic mass is 10.1. The fourth-order valence-electron chi connectivity index (χ4n) is 4.19. The zero-order valence-corrected chi connectivity index (χ0v) is 20.1. The highest BCUT2D eigenvalue weighted by Gasteiger charge is 2.34. The molecular formula is C28H23N3O3S. The highest BCUT2D eigenvalue weighted by atomic mass is 32.1. The van der Waals surface area contributed by atoms with Crippen molar-refractivity contribution in [2.75, 3.05) is 12.0 Å². The van der Waals surface area contributed by atoms with Crippen LogP contribution in [0.25, 0.3) is 17.0 Å². The molecule has 4 aromatic rings. The molecule has 0 aliphatic carbocycles. The van der Waals surface area contributed by atoms with Crippen molar-refractivity contribution in [1.29, 1.82) is 0 Å². The van der Waals surface area contributed by atoms with Gasteiger partial charge in [-0.15, -0.1) is 0 Å². The molecule has 174 valence electrons. The molecule has 35 heavy (non-hydrogen) atoms. The molecule has 1 aliphatic rings. The maximum Gasteiger partial charge on any atom is 0.270 e. The van der Waals surface area contributed by atoms with E-state index in [-0.39, 0.29) is 10.7 Å². The van der Waals surface area contributed by atoms with Gasteiger partial charge in [0.05, 0.1) is 12.8 Å².